The second-order valence-corrected chi connectivity index (χ2v) is 3.55. The van der Waals surface area contributed by atoms with Crippen molar-refractivity contribution in [2.45, 2.75) is 12.8 Å². The summed E-state index contributed by atoms with van der Waals surface area (Å²) >= 11 is 0. The van der Waals surface area contributed by atoms with Crippen LogP contribution in [0.3, 0.4) is 0 Å². The lowest BCUT2D eigenvalue weighted by molar-refractivity contribution is -0.141. The highest BCUT2D eigenvalue weighted by atomic mass is 16.4. The average molecular weight is 124 g/mol. The van der Waals surface area contributed by atoms with E-state index in [-0.39, 0.29) is 5.41 Å². The molecule has 2 atom stereocenters. The normalized spacial score (nSPS) is 65.1. The van der Waals surface area contributed by atoms with Gasteiger partial charge in [-0.25, -0.2) is 0 Å². The minimum atomic E-state index is -0.514. The highest BCUT2D eigenvalue weighted by Crippen LogP contribution is 2.91. The number of carboxylic acids is 1. The molecule has 0 aromatic carbocycles. The highest BCUT2D eigenvalue weighted by Gasteiger charge is 2.93. The van der Waals surface area contributed by atoms with Gasteiger partial charge in [-0.2, -0.15) is 0 Å². The Morgan fingerprint density at radius 1 is 1.44 bits per heavy atom. The van der Waals surface area contributed by atoms with Gasteiger partial charge < -0.3 is 5.11 Å². The fraction of sp³-hybridized carbons (Fsp3) is 0.857. The van der Waals surface area contributed by atoms with Crippen LogP contribution in [-0.4, -0.2) is 11.1 Å². The van der Waals surface area contributed by atoms with Crippen molar-refractivity contribution in [2.75, 3.05) is 0 Å². The van der Waals surface area contributed by atoms with Crippen LogP contribution in [-0.2, 0) is 4.79 Å². The molecule has 0 radical (unpaired) electrons. The van der Waals surface area contributed by atoms with Crippen molar-refractivity contribution in [1.82, 2.24) is 0 Å². The molecule has 1 N–H and O–H groups in total. The molecule has 4 rings (SSSR count). The van der Waals surface area contributed by atoms with Crippen LogP contribution in [0.15, 0.2) is 0 Å². The van der Waals surface area contributed by atoms with Crippen molar-refractivity contribution in [1.29, 1.82) is 0 Å². The maximum atomic E-state index is 10.6. The van der Waals surface area contributed by atoms with E-state index in [4.69, 9.17) is 5.11 Å². The largest absolute Gasteiger partial charge is 0.481 e. The molecule has 0 aromatic heterocycles. The van der Waals surface area contributed by atoms with Gasteiger partial charge in [-0.05, 0) is 30.6 Å². The SMILES string of the molecule is O=C(O)C12C3CCC1C32. The van der Waals surface area contributed by atoms with Crippen LogP contribution < -0.4 is 0 Å². The molecule has 2 heteroatoms. The first-order valence-corrected chi connectivity index (χ1v) is 3.53. The van der Waals surface area contributed by atoms with Crippen LogP contribution in [0.25, 0.3) is 0 Å². The van der Waals surface area contributed by atoms with Crippen molar-refractivity contribution >= 4 is 5.97 Å². The van der Waals surface area contributed by atoms with Gasteiger partial charge in [0.05, 0.1) is 5.41 Å². The number of carbonyl (C=O) groups is 1. The molecule has 4 fully saturated rings. The topological polar surface area (TPSA) is 37.3 Å². The van der Waals surface area contributed by atoms with E-state index in [2.05, 4.69) is 0 Å². The summed E-state index contributed by atoms with van der Waals surface area (Å²) in [4.78, 5) is 10.6. The highest BCUT2D eigenvalue weighted by molar-refractivity contribution is 5.86. The Hall–Kier alpha value is -0.530. The molecule has 48 valence electrons. The fourth-order valence-corrected chi connectivity index (χ4v) is 3.12. The maximum absolute atomic E-state index is 10.6. The van der Waals surface area contributed by atoms with Crippen LogP contribution >= 0.6 is 0 Å². The molecule has 0 heterocycles. The van der Waals surface area contributed by atoms with E-state index in [9.17, 15) is 4.79 Å². The Bertz CT molecular complexity index is 187. The quantitative estimate of drug-likeness (QED) is 0.559. The lowest BCUT2D eigenvalue weighted by atomic mass is 10.1. The van der Waals surface area contributed by atoms with Crippen LogP contribution in [0.5, 0.6) is 0 Å². The molecule has 4 aliphatic rings. The van der Waals surface area contributed by atoms with E-state index in [0.29, 0.717) is 17.8 Å². The molecule has 0 aliphatic heterocycles. The van der Waals surface area contributed by atoms with Crippen LogP contribution in [0.1, 0.15) is 12.8 Å². The summed E-state index contributed by atoms with van der Waals surface area (Å²) in [6.07, 6.45) is 2.39. The third kappa shape index (κ3) is 0.212. The van der Waals surface area contributed by atoms with E-state index in [0.717, 1.165) is 0 Å². The second kappa shape index (κ2) is 0.825. The summed E-state index contributed by atoms with van der Waals surface area (Å²) in [7, 11) is 0. The zero-order valence-electron chi connectivity index (χ0n) is 5.00. The van der Waals surface area contributed by atoms with E-state index >= 15 is 0 Å². The van der Waals surface area contributed by atoms with Gasteiger partial charge in [0.25, 0.3) is 0 Å². The Morgan fingerprint density at radius 2 is 2.00 bits per heavy atom. The van der Waals surface area contributed by atoms with Gasteiger partial charge in [-0.1, -0.05) is 0 Å². The summed E-state index contributed by atoms with van der Waals surface area (Å²) in [6.45, 7) is 0. The summed E-state index contributed by atoms with van der Waals surface area (Å²) in [6, 6.07) is 0. The van der Waals surface area contributed by atoms with Crippen molar-refractivity contribution < 1.29 is 9.90 Å². The zero-order valence-corrected chi connectivity index (χ0v) is 5.00. The van der Waals surface area contributed by atoms with Crippen molar-refractivity contribution in [3.05, 3.63) is 0 Å². The van der Waals surface area contributed by atoms with E-state index in [1.165, 1.54) is 12.8 Å². The van der Waals surface area contributed by atoms with Crippen LogP contribution in [0, 0.1) is 23.2 Å². The standard InChI is InChI=1S/C7H8O2/c8-6(9)7-3-1-2-4(7)5(3)7/h3-5H,1-2H2,(H,8,9). The molecule has 0 amide bonds. The van der Waals surface area contributed by atoms with Crippen molar-refractivity contribution in [2.24, 2.45) is 23.2 Å². The molecule has 4 aliphatic carbocycles. The predicted octanol–water partition coefficient (Wildman–Crippen LogP) is 0.727. The molecular formula is C7H8O2. The van der Waals surface area contributed by atoms with E-state index < -0.39 is 5.97 Å². The summed E-state index contributed by atoms with van der Waals surface area (Å²) in [5.41, 5.74) is -0.139. The Balaban J connectivity index is 2.04. The molecular weight excluding hydrogens is 116 g/mol. The summed E-state index contributed by atoms with van der Waals surface area (Å²) in [5.74, 6) is 1.34. The number of fused-ring (bicyclic) bond motifs is 1. The van der Waals surface area contributed by atoms with Crippen molar-refractivity contribution in [3.63, 3.8) is 0 Å². The van der Waals surface area contributed by atoms with Gasteiger partial charge in [0.15, 0.2) is 0 Å². The zero-order chi connectivity index (χ0) is 6.22. The number of hydrogen-bond acceptors (Lipinski definition) is 1. The first-order valence-electron chi connectivity index (χ1n) is 3.53. The van der Waals surface area contributed by atoms with E-state index in [1.807, 2.05) is 0 Å². The maximum Gasteiger partial charge on any atom is 0.310 e. The molecule has 2 bridgehead atoms. The summed E-state index contributed by atoms with van der Waals surface area (Å²) in [5, 5.41) is 8.74. The molecule has 0 aromatic rings. The first kappa shape index (κ1) is 4.31. The van der Waals surface area contributed by atoms with Gasteiger partial charge in [0.1, 0.15) is 0 Å². The van der Waals surface area contributed by atoms with Crippen LogP contribution in [0.4, 0.5) is 0 Å². The molecule has 0 spiro atoms. The summed E-state index contributed by atoms with van der Waals surface area (Å²) < 4.78 is 0. The lowest BCUT2D eigenvalue weighted by Crippen LogP contribution is -2.10. The molecule has 9 heavy (non-hydrogen) atoms. The Morgan fingerprint density at radius 3 is 2.22 bits per heavy atom. The van der Waals surface area contributed by atoms with Crippen molar-refractivity contribution in [3.8, 4) is 0 Å². The first-order chi connectivity index (χ1) is 4.29. The average Bonchev–Trinajstić information content (AvgIpc) is 2.49. The third-order valence-electron chi connectivity index (χ3n) is 3.59. The molecule has 2 unspecified atom stereocenters. The monoisotopic (exact) mass is 124 g/mol. The molecule has 0 saturated heterocycles. The smallest absolute Gasteiger partial charge is 0.310 e. The number of carboxylic acid groups (broad SMARTS) is 1. The van der Waals surface area contributed by atoms with E-state index in [1.54, 1.807) is 0 Å². The minimum Gasteiger partial charge on any atom is -0.481 e. The van der Waals surface area contributed by atoms with Gasteiger partial charge in [0, 0.05) is 0 Å². The minimum absolute atomic E-state index is 0.139. The third-order valence-corrected chi connectivity index (χ3v) is 3.59. The van der Waals surface area contributed by atoms with Crippen LogP contribution in [0.2, 0.25) is 0 Å². The Labute approximate surface area is 52.9 Å². The fourth-order valence-electron chi connectivity index (χ4n) is 3.12. The van der Waals surface area contributed by atoms with Gasteiger partial charge in [-0.15, -0.1) is 0 Å². The molecule has 4 saturated carbocycles. The second-order valence-electron chi connectivity index (χ2n) is 3.55. The van der Waals surface area contributed by atoms with Gasteiger partial charge in [0.2, 0.25) is 0 Å². The number of aliphatic carboxylic acids is 1. The molecule has 2 nitrogen and oxygen atoms in total. The predicted molar refractivity (Wildman–Crippen MR) is 29.8 cm³/mol. The number of rotatable bonds is 1. The van der Waals surface area contributed by atoms with Gasteiger partial charge >= 0.3 is 5.97 Å². The lowest BCUT2D eigenvalue weighted by Gasteiger charge is -1.98. The number of hydrogen-bond donors (Lipinski definition) is 1. The van der Waals surface area contributed by atoms with Gasteiger partial charge in [-0.3, -0.25) is 4.79 Å². The Kier molecular flexibility index (Phi) is 0.395.